The van der Waals surface area contributed by atoms with E-state index in [1.807, 2.05) is 18.2 Å². The number of nitrogens with zero attached hydrogens (tertiary/aromatic N) is 2. The lowest BCUT2D eigenvalue weighted by atomic mass is 9.84. The Morgan fingerprint density at radius 3 is 2.41 bits per heavy atom. The van der Waals surface area contributed by atoms with E-state index in [2.05, 4.69) is 5.32 Å². The van der Waals surface area contributed by atoms with Gasteiger partial charge in [-0.2, -0.15) is 0 Å². The molecule has 1 aromatic rings. The lowest BCUT2D eigenvalue weighted by molar-refractivity contribution is -0.142. The molecule has 3 atom stereocenters. The summed E-state index contributed by atoms with van der Waals surface area (Å²) in [5.74, 6) is -1.66. The van der Waals surface area contributed by atoms with Crippen molar-refractivity contribution in [2.45, 2.75) is 88.9 Å². The largest absolute Gasteiger partial charge is 0.444 e. The van der Waals surface area contributed by atoms with Crippen molar-refractivity contribution in [3.8, 4) is 0 Å². The average Bonchev–Trinajstić information content (AvgIpc) is 3.55. The fourth-order valence-corrected chi connectivity index (χ4v) is 5.72. The van der Waals surface area contributed by atoms with Crippen LogP contribution in [-0.2, 0) is 30.5 Å². The molecular formula is C27H36N4O6. The Morgan fingerprint density at radius 2 is 1.70 bits per heavy atom. The molecule has 5 amide bonds. The quantitative estimate of drug-likeness (QED) is 0.548. The standard InChI is InChI=1S/C27H36N4O6/c28-24(33)21-12-7-15-30(21)26(35)20(16-18-8-3-1-4-9-18)29-25(34)22-13-14-23(32)31(22)27(36)37-17-19-10-5-2-6-11-19/h2,5-6,10-11,18,20-22H,1,3-4,7-9,12-17H2,(H2,28,33)(H,29,34)/t20-,21-,22-/m0/s1. The van der Waals surface area contributed by atoms with Gasteiger partial charge >= 0.3 is 6.09 Å². The number of rotatable bonds is 8. The third kappa shape index (κ3) is 6.47. The monoisotopic (exact) mass is 512 g/mol. The zero-order chi connectivity index (χ0) is 26.4. The Morgan fingerprint density at radius 1 is 0.973 bits per heavy atom. The minimum Gasteiger partial charge on any atom is -0.444 e. The van der Waals surface area contributed by atoms with E-state index < -0.39 is 41.9 Å². The molecule has 10 nitrogen and oxygen atoms in total. The summed E-state index contributed by atoms with van der Waals surface area (Å²) in [5, 5.41) is 2.84. The van der Waals surface area contributed by atoms with Gasteiger partial charge in [-0.05, 0) is 37.2 Å². The van der Waals surface area contributed by atoms with Gasteiger partial charge in [0.1, 0.15) is 24.7 Å². The number of carbonyl (C=O) groups is 5. The summed E-state index contributed by atoms with van der Waals surface area (Å²) in [5.41, 5.74) is 6.29. The highest BCUT2D eigenvalue weighted by molar-refractivity contribution is 6.01. The summed E-state index contributed by atoms with van der Waals surface area (Å²) in [6.45, 7) is 0.382. The third-order valence-electron chi connectivity index (χ3n) is 7.69. The number of benzene rings is 1. The summed E-state index contributed by atoms with van der Waals surface area (Å²) in [6.07, 6.45) is 6.18. The van der Waals surface area contributed by atoms with Crippen LogP contribution in [0.15, 0.2) is 30.3 Å². The van der Waals surface area contributed by atoms with Crippen LogP contribution in [0.25, 0.3) is 0 Å². The number of primary amides is 1. The van der Waals surface area contributed by atoms with E-state index in [9.17, 15) is 24.0 Å². The summed E-state index contributed by atoms with van der Waals surface area (Å²) in [6, 6.07) is 6.46. The first-order valence-electron chi connectivity index (χ1n) is 13.3. The Hall–Kier alpha value is -3.43. The van der Waals surface area contributed by atoms with Crippen LogP contribution < -0.4 is 11.1 Å². The summed E-state index contributed by atoms with van der Waals surface area (Å²) >= 11 is 0. The SMILES string of the molecule is NC(=O)[C@@H]1CCCN1C(=O)[C@H](CC1CCCCC1)NC(=O)[C@@H]1CCC(=O)N1C(=O)OCc1ccccc1. The molecule has 1 aliphatic carbocycles. The van der Waals surface area contributed by atoms with E-state index in [0.717, 1.165) is 42.6 Å². The van der Waals surface area contributed by atoms with Gasteiger partial charge in [0, 0.05) is 13.0 Å². The number of nitrogens with one attached hydrogen (secondary N) is 1. The number of ether oxygens (including phenoxy) is 1. The second kappa shape index (κ2) is 12.2. The second-order valence-electron chi connectivity index (χ2n) is 10.3. The lowest BCUT2D eigenvalue weighted by Crippen LogP contribution is -2.56. The number of imide groups is 1. The van der Waals surface area contributed by atoms with Gasteiger partial charge in [0.2, 0.25) is 23.6 Å². The van der Waals surface area contributed by atoms with E-state index in [-0.39, 0.29) is 31.3 Å². The topological polar surface area (TPSA) is 139 Å². The molecule has 2 saturated heterocycles. The van der Waals surface area contributed by atoms with Crippen molar-refractivity contribution >= 4 is 29.7 Å². The zero-order valence-corrected chi connectivity index (χ0v) is 21.1. The molecule has 1 aromatic carbocycles. The maximum atomic E-state index is 13.6. The smallest absolute Gasteiger partial charge is 0.417 e. The van der Waals surface area contributed by atoms with Crippen LogP contribution in [0.1, 0.15) is 69.8 Å². The molecule has 2 heterocycles. The number of carbonyl (C=O) groups excluding carboxylic acids is 5. The van der Waals surface area contributed by atoms with Crippen molar-refractivity contribution in [1.29, 1.82) is 0 Å². The molecule has 0 aromatic heterocycles. The lowest BCUT2D eigenvalue weighted by Gasteiger charge is -2.32. The van der Waals surface area contributed by atoms with Gasteiger partial charge in [-0.15, -0.1) is 0 Å². The maximum Gasteiger partial charge on any atom is 0.417 e. The molecule has 0 spiro atoms. The number of nitrogens with two attached hydrogens (primary N) is 1. The van der Waals surface area contributed by atoms with Crippen molar-refractivity contribution in [2.24, 2.45) is 11.7 Å². The van der Waals surface area contributed by atoms with Gasteiger partial charge < -0.3 is 20.7 Å². The number of hydrogen-bond donors (Lipinski definition) is 2. The molecule has 200 valence electrons. The molecule has 3 fully saturated rings. The highest BCUT2D eigenvalue weighted by atomic mass is 16.6. The van der Waals surface area contributed by atoms with E-state index in [4.69, 9.17) is 10.5 Å². The van der Waals surface area contributed by atoms with Crippen molar-refractivity contribution in [3.05, 3.63) is 35.9 Å². The molecule has 0 bridgehead atoms. The molecular weight excluding hydrogens is 476 g/mol. The van der Waals surface area contributed by atoms with Crippen molar-refractivity contribution in [2.75, 3.05) is 6.54 Å². The molecule has 0 unspecified atom stereocenters. The van der Waals surface area contributed by atoms with E-state index in [1.54, 1.807) is 12.1 Å². The van der Waals surface area contributed by atoms with Crippen LogP contribution in [0, 0.1) is 5.92 Å². The summed E-state index contributed by atoms with van der Waals surface area (Å²) in [7, 11) is 0. The van der Waals surface area contributed by atoms with Crippen LogP contribution in [-0.4, -0.2) is 64.2 Å². The molecule has 37 heavy (non-hydrogen) atoms. The summed E-state index contributed by atoms with van der Waals surface area (Å²) in [4.78, 5) is 66.5. The molecule has 4 rings (SSSR count). The van der Waals surface area contributed by atoms with Crippen LogP contribution in [0.3, 0.4) is 0 Å². The first kappa shape index (κ1) is 26.6. The minimum atomic E-state index is -1.05. The Balaban J connectivity index is 1.45. The highest BCUT2D eigenvalue weighted by Crippen LogP contribution is 2.29. The van der Waals surface area contributed by atoms with Gasteiger partial charge in [0.15, 0.2) is 0 Å². The molecule has 0 radical (unpaired) electrons. The van der Waals surface area contributed by atoms with Gasteiger partial charge in [-0.25, -0.2) is 9.69 Å². The van der Waals surface area contributed by atoms with Gasteiger partial charge in [-0.3, -0.25) is 19.2 Å². The van der Waals surface area contributed by atoms with Gasteiger partial charge in [0.25, 0.3) is 0 Å². The molecule has 2 aliphatic heterocycles. The van der Waals surface area contributed by atoms with Gasteiger partial charge in [-0.1, -0.05) is 62.4 Å². The predicted octanol–water partition coefficient (Wildman–Crippen LogP) is 2.25. The van der Waals surface area contributed by atoms with Crippen LogP contribution in [0.2, 0.25) is 0 Å². The maximum absolute atomic E-state index is 13.6. The van der Waals surface area contributed by atoms with Crippen LogP contribution in [0.5, 0.6) is 0 Å². The second-order valence-corrected chi connectivity index (χ2v) is 10.3. The van der Waals surface area contributed by atoms with Crippen molar-refractivity contribution in [3.63, 3.8) is 0 Å². The fraction of sp³-hybridized carbons (Fsp3) is 0.593. The van der Waals surface area contributed by atoms with E-state index in [0.29, 0.717) is 25.8 Å². The third-order valence-corrected chi connectivity index (χ3v) is 7.69. The highest BCUT2D eigenvalue weighted by Gasteiger charge is 2.44. The van der Waals surface area contributed by atoms with Gasteiger partial charge in [0.05, 0.1) is 0 Å². The Kier molecular flexibility index (Phi) is 8.78. The van der Waals surface area contributed by atoms with E-state index in [1.165, 1.54) is 4.90 Å². The zero-order valence-electron chi connectivity index (χ0n) is 21.1. The first-order valence-corrected chi connectivity index (χ1v) is 13.3. The summed E-state index contributed by atoms with van der Waals surface area (Å²) < 4.78 is 5.32. The molecule has 3 N–H and O–H groups in total. The molecule has 10 heteroatoms. The van der Waals surface area contributed by atoms with Crippen molar-refractivity contribution in [1.82, 2.24) is 15.1 Å². The Bertz CT molecular complexity index is 1010. The fourth-order valence-electron chi connectivity index (χ4n) is 5.72. The number of likely N-dealkylation sites (tertiary alicyclic amines) is 2. The van der Waals surface area contributed by atoms with Crippen LogP contribution >= 0.6 is 0 Å². The van der Waals surface area contributed by atoms with Crippen molar-refractivity contribution < 1.29 is 28.7 Å². The molecule has 3 aliphatic rings. The Labute approximate surface area is 216 Å². The predicted molar refractivity (Wildman–Crippen MR) is 134 cm³/mol. The first-order chi connectivity index (χ1) is 17.8. The molecule has 1 saturated carbocycles. The van der Waals surface area contributed by atoms with E-state index >= 15 is 0 Å². The number of hydrogen-bond acceptors (Lipinski definition) is 6. The normalized spacial score (nSPS) is 23.1. The number of amides is 5. The average molecular weight is 513 g/mol. The minimum absolute atomic E-state index is 0.0238. The van der Waals surface area contributed by atoms with Crippen LogP contribution in [0.4, 0.5) is 4.79 Å².